The summed E-state index contributed by atoms with van der Waals surface area (Å²) in [6.45, 7) is 12.5. The summed E-state index contributed by atoms with van der Waals surface area (Å²) in [5.41, 5.74) is 0.403. The molecule has 0 bridgehead atoms. The van der Waals surface area contributed by atoms with E-state index in [1.807, 2.05) is 30.0 Å². The van der Waals surface area contributed by atoms with Crippen molar-refractivity contribution in [1.29, 1.82) is 0 Å². The number of rotatable bonds is 12. The molecule has 1 saturated carbocycles. The Labute approximate surface area is 238 Å². The van der Waals surface area contributed by atoms with Gasteiger partial charge in [0.2, 0.25) is 11.8 Å². The monoisotopic (exact) mass is 558 g/mol. The van der Waals surface area contributed by atoms with Crippen LogP contribution in [0.4, 0.5) is 11.4 Å². The van der Waals surface area contributed by atoms with E-state index < -0.39 is 5.60 Å². The smallest absolute Gasteiger partial charge is 0.270 e. The summed E-state index contributed by atoms with van der Waals surface area (Å²) in [6.07, 6.45) is 2.34. The second-order valence-corrected chi connectivity index (χ2v) is 12.0. The quantitative estimate of drug-likeness (QED) is 0.380. The summed E-state index contributed by atoms with van der Waals surface area (Å²) >= 11 is 0. The van der Waals surface area contributed by atoms with Gasteiger partial charge in [-0.15, -0.1) is 0 Å². The SMILES string of the molecule is CCOCCN1C(=O)C(C)(C)Oc2ccc(N(C(=O)[C@H]3CNC[C@@H](C(=O)NC(COC)C(C)C)C3)C3CC3)cc21. The maximum absolute atomic E-state index is 14.0. The number of nitrogens with zero attached hydrogens (tertiary/aromatic N) is 2. The number of ether oxygens (including phenoxy) is 3. The fourth-order valence-corrected chi connectivity index (χ4v) is 5.49. The van der Waals surface area contributed by atoms with Crippen LogP contribution < -0.4 is 25.2 Å². The first-order valence-corrected chi connectivity index (χ1v) is 14.6. The molecule has 0 spiro atoms. The predicted octanol–water partition coefficient (Wildman–Crippen LogP) is 2.74. The molecule has 1 saturated heterocycles. The summed E-state index contributed by atoms with van der Waals surface area (Å²) in [5, 5.41) is 6.44. The fraction of sp³-hybridized carbons (Fsp3) is 0.700. The van der Waals surface area contributed by atoms with E-state index in [1.165, 1.54) is 0 Å². The zero-order valence-electron chi connectivity index (χ0n) is 24.8. The van der Waals surface area contributed by atoms with E-state index in [2.05, 4.69) is 24.5 Å². The van der Waals surface area contributed by atoms with E-state index in [0.29, 0.717) is 57.3 Å². The number of fused-ring (bicyclic) bond motifs is 1. The van der Waals surface area contributed by atoms with Crippen LogP contribution in [0.3, 0.4) is 0 Å². The molecule has 10 heteroatoms. The summed E-state index contributed by atoms with van der Waals surface area (Å²) in [7, 11) is 1.63. The van der Waals surface area contributed by atoms with Gasteiger partial charge in [0.05, 0.1) is 36.8 Å². The van der Waals surface area contributed by atoms with Crippen LogP contribution in [0.2, 0.25) is 0 Å². The van der Waals surface area contributed by atoms with Gasteiger partial charge in [-0.25, -0.2) is 0 Å². The average Bonchev–Trinajstić information content (AvgIpc) is 3.76. The number of amides is 3. The number of methoxy groups -OCH3 is 1. The van der Waals surface area contributed by atoms with Crippen LogP contribution in [0.25, 0.3) is 0 Å². The Bertz CT molecular complexity index is 1070. The number of nitrogens with one attached hydrogen (secondary N) is 2. The van der Waals surface area contributed by atoms with Gasteiger partial charge in [-0.1, -0.05) is 13.8 Å². The summed E-state index contributed by atoms with van der Waals surface area (Å²) in [6, 6.07) is 5.68. The molecule has 0 aromatic heterocycles. The molecule has 2 heterocycles. The topological polar surface area (TPSA) is 109 Å². The van der Waals surface area contributed by atoms with Gasteiger partial charge in [0.1, 0.15) is 5.75 Å². The number of hydrogen-bond acceptors (Lipinski definition) is 7. The molecule has 4 rings (SSSR count). The maximum atomic E-state index is 14.0. The van der Waals surface area contributed by atoms with Crippen molar-refractivity contribution >= 4 is 29.1 Å². The number of carbonyl (C=O) groups is 3. The first-order chi connectivity index (χ1) is 19.1. The van der Waals surface area contributed by atoms with Crippen LogP contribution in [-0.4, -0.2) is 82.0 Å². The minimum Gasteiger partial charge on any atom is -0.476 e. The summed E-state index contributed by atoms with van der Waals surface area (Å²) < 4.78 is 16.9. The molecule has 0 radical (unpaired) electrons. The highest BCUT2D eigenvalue weighted by Crippen LogP contribution is 2.42. The fourth-order valence-electron chi connectivity index (χ4n) is 5.49. The van der Waals surface area contributed by atoms with Crippen LogP contribution in [0.5, 0.6) is 5.75 Å². The highest BCUT2D eigenvalue weighted by atomic mass is 16.5. The van der Waals surface area contributed by atoms with Gasteiger partial charge in [-0.05, 0) is 64.2 Å². The Hall–Kier alpha value is -2.69. The predicted molar refractivity (Wildman–Crippen MR) is 154 cm³/mol. The Morgan fingerprint density at radius 2 is 1.95 bits per heavy atom. The van der Waals surface area contributed by atoms with E-state index in [0.717, 1.165) is 18.5 Å². The molecule has 3 atom stereocenters. The summed E-state index contributed by atoms with van der Waals surface area (Å²) in [5.74, 6) is 0.0469. The molecule has 2 N–H and O–H groups in total. The van der Waals surface area contributed by atoms with Crippen molar-refractivity contribution in [3.05, 3.63) is 18.2 Å². The van der Waals surface area contributed by atoms with Crippen LogP contribution in [0, 0.1) is 17.8 Å². The second kappa shape index (κ2) is 12.9. The molecule has 222 valence electrons. The first kappa shape index (κ1) is 30.3. The van der Waals surface area contributed by atoms with Crippen LogP contribution in [0.15, 0.2) is 18.2 Å². The minimum absolute atomic E-state index is 0.00833. The number of benzene rings is 1. The lowest BCUT2D eigenvalue weighted by Crippen LogP contribution is -2.53. The van der Waals surface area contributed by atoms with Crippen molar-refractivity contribution in [3.8, 4) is 5.75 Å². The molecule has 3 amide bonds. The third-order valence-electron chi connectivity index (χ3n) is 8.00. The third kappa shape index (κ3) is 6.78. The molecule has 1 aromatic carbocycles. The number of carbonyl (C=O) groups excluding carboxylic acids is 3. The minimum atomic E-state index is -0.992. The van der Waals surface area contributed by atoms with Gasteiger partial charge in [-0.2, -0.15) is 0 Å². The van der Waals surface area contributed by atoms with E-state index in [4.69, 9.17) is 14.2 Å². The largest absolute Gasteiger partial charge is 0.476 e. The van der Waals surface area contributed by atoms with Crippen molar-refractivity contribution < 1.29 is 28.6 Å². The van der Waals surface area contributed by atoms with Gasteiger partial charge in [-0.3, -0.25) is 14.4 Å². The maximum Gasteiger partial charge on any atom is 0.270 e. The molecule has 40 heavy (non-hydrogen) atoms. The molecule has 1 unspecified atom stereocenters. The van der Waals surface area contributed by atoms with Crippen molar-refractivity contribution in [3.63, 3.8) is 0 Å². The van der Waals surface area contributed by atoms with E-state index in [9.17, 15) is 14.4 Å². The standard InChI is InChI=1S/C30H46N4O6/c1-7-39-13-12-33-25-15-23(10-11-26(25)40-30(4,5)29(33)37)34(22-8-9-22)28(36)21-14-20(16-31-17-21)27(35)32-24(18-38-6)19(2)3/h10-11,15,19-22,24,31H,7-9,12-14,16-18H2,1-6H3,(H,32,35)/t20-,21+,24?/m0/s1. The Morgan fingerprint density at radius 1 is 1.23 bits per heavy atom. The number of anilines is 2. The van der Waals surface area contributed by atoms with Gasteiger partial charge in [0.15, 0.2) is 5.60 Å². The highest BCUT2D eigenvalue weighted by molar-refractivity contribution is 6.04. The van der Waals surface area contributed by atoms with Crippen LogP contribution in [0.1, 0.15) is 53.9 Å². The Balaban J connectivity index is 1.53. The molecular weight excluding hydrogens is 512 g/mol. The van der Waals surface area contributed by atoms with E-state index >= 15 is 0 Å². The van der Waals surface area contributed by atoms with Crippen LogP contribution >= 0.6 is 0 Å². The van der Waals surface area contributed by atoms with Crippen molar-refractivity contribution in [2.75, 3.05) is 56.4 Å². The van der Waals surface area contributed by atoms with Crippen molar-refractivity contribution in [1.82, 2.24) is 10.6 Å². The average molecular weight is 559 g/mol. The second-order valence-electron chi connectivity index (χ2n) is 12.0. The molecule has 10 nitrogen and oxygen atoms in total. The summed E-state index contributed by atoms with van der Waals surface area (Å²) in [4.78, 5) is 44.0. The molecule has 1 aliphatic carbocycles. The molecule has 3 aliphatic rings. The number of piperidine rings is 1. The lowest BCUT2D eigenvalue weighted by molar-refractivity contribution is -0.133. The lowest BCUT2D eigenvalue weighted by Gasteiger charge is -2.39. The van der Waals surface area contributed by atoms with Gasteiger partial charge < -0.3 is 34.6 Å². The zero-order valence-corrected chi connectivity index (χ0v) is 24.8. The van der Waals surface area contributed by atoms with Crippen molar-refractivity contribution in [2.45, 2.75) is 71.6 Å². The zero-order chi connectivity index (χ0) is 29.0. The van der Waals surface area contributed by atoms with E-state index in [1.54, 1.807) is 25.9 Å². The lowest BCUT2D eigenvalue weighted by atomic mass is 9.88. The molecule has 2 fully saturated rings. The molecule has 2 aliphatic heterocycles. The van der Waals surface area contributed by atoms with Crippen LogP contribution in [-0.2, 0) is 23.9 Å². The highest BCUT2D eigenvalue weighted by Gasteiger charge is 2.43. The normalized spacial score (nSPS) is 22.9. The number of hydrogen-bond donors (Lipinski definition) is 2. The van der Waals surface area contributed by atoms with Gasteiger partial charge >= 0.3 is 0 Å². The van der Waals surface area contributed by atoms with Gasteiger partial charge in [0.25, 0.3) is 5.91 Å². The molecular formula is C30H46N4O6. The Kier molecular flexibility index (Phi) is 9.74. The van der Waals surface area contributed by atoms with Gasteiger partial charge in [0, 0.05) is 45.1 Å². The van der Waals surface area contributed by atoms with E-state index in [-0.39, 0.29) is 47.6 Å². The van der Waals surface area contributed by atoms with Crippen molar-refractivity contribution in [2.24, 2.45) is 17.8 Å². The third-order valence-corrected chi connectivity index (χ3v) is 8.00. The molecule has 1 aromatic rings. The first-order valence-electron chi connectivity index (χ1n) is 14.6. The Morgan fingerprint density at radius 3 is 2.60 bits per heavy atom.